The van der Waals surface area contributed by atoms with Gasteiger partial charge in [-0.05, 0) is 25.1 Å². The Labute approximate surface area is 114 Å². The molecule has 2 aromatic rings. The van der Waals surface area contributed by atoms with Crippen LogP contribution in [0, 0.1) is 12.7 Å². The van der Waals surface area contributed by atoms with Crippen molar-refractivity contribution in [3.05, 3.63) is 58.4 Å². The van der Waals surface area contributed by atoms with Crippen LogP contribution in [0.5, 0.6) is 0 Å². The molecule has 2 heterocycles. The Morgan fingerprint density at radius 2 is 2.26 bits per heavy atom. The molecule has 0 bridgehead atoms. The monoisotopic (exact) mass is 279 g/mol. The second kappa shape index (κ2) is 5.75. The van der Waals surface area contributed by atoms with E-state index in [2.05, 4.69) is 15.3 Å². The summed E-state index contributed by atoms with van der Waals surface area (Å²) in [4.78, 5) is 19.7. The Morgan fingerprint density at radius 1 is 1.47 bits per heavy atom. The summed E-state index contributed by atoms with van der Waals surface area (Å²) in [7, 11) is 0. The first kappa shape index (κ1) is 13.4. The highest BCUT2D eigenvalue weighted by molar-refractivity contribution is 6.32. The topological polar surface area (TPSA) is 54.9 Å². The Morgan fingerprint density at radius 3 is 3.00 bits per heavy atom. The van der Waals surface area contributed by atoms with Gasteiger partial charge in [0, 0.05) is 5.69 Å². The lowest BCUT2D eigenvalue weighted by molar-refractivity contribution is 0.0949. The maximum absolute atomic E-state index is 13.0. The van der Waals surface area contributed by atoms with Gasteiger partial charge in [-0.25, -0.2) is 9.37 Å². The third-order valence-electron chi connectivity index (χ3n) is 2.43. The van der Waals surface area contributed by atoms with Gasteiger partial charge in [-0.1, -0.05) is 17.7 Å². The zero-order chi connectivity index (χ0) is 13.8. The second-order valence-electron chi connectivity index (χ2n) is 3.94. The summed E-state index contributed by atoms with van der Waals surface area (Å²) in [5.74, 6) is -1.09. The van der Waals surface area contributed by atoms with Crippen LogP contribution in [0.15, 0.2) is 30.5 Å². The van der Waals surface area contributed by atoms with Crippen LogP contribution < -0.4 is 5.32 Å². The first-order valence-electron chi connectivity index (χ1n) is 5.58. The summed E-state index contributed by atoms with van der Waals surface area (Å²) in [6, 6.07) is 6.55. The average molecular weight is 280 g/mol. The predicted molar refractivity (Wildman–Crippen MR) is 69.3 cm³/mol. The van der Waals surface area contributed by atoms with Crippen molar-refractivity contribution in [3.8, 4) is 0 Å². The van der Waals surface area contributed by atoms with Gasteiger partial charge >= 0.3 is 0 Å². The molecule has 0 unspecified atom stereocenters. The van der Waals surface area contributed by atoms with Crippen LogP contribution in [0.4, 0.5) is 4.39 Å². The van der Waals surface area contributed by atoms with Crippen molar-refractivity contribution < 1.29 is 9.18 Å². The number of aryl methyl sites for hydroxylation is 1. The lowest BCUT2D eigenvalue weighted by Crippen LogP contribution is -2.24. The van der Waals surface area contributed by atoms with E-state index in [9.17, 15) is 9.18 Å². The number of aromatic nitrogens is 2. The SMILES string of the molecule is Cc1cccc(CNC(=O)c2cc(F)cnc2Cl)n1. The molecule has 0 saturated carbocycles. The number of rotatable bonds is 3. The number of pyridine rings is 2. The van der Waals surface area contributed by atoms with E-state index in [0.29, 0.717) is 5.69 Å². The number of amides is 1. The maximum atomic E-state index is 13.0. The van der Waals surface area contributed by atoms with Crippen molar-refractivity contribution in [3.63, 3.8) is 0 Å². The van der Waals surface area contributed by atoms with Gasteiger partial charge < -0.3 is 5.32 Å². The molecule has 1 N–H and O–H groups in total. The molecule has 2 rings (SSSR count). The largest absolute Gasteiger partial charge is 0.346 e. The highest BCUT2D eigenvalue weighted by Crippen LogP contribution is 2.13. The van der Waals surface area contributed by atoms with E-state index < -0.39 is 11.7 Å². The molecular formula is C13H11ClFN3O. The molecule has 0 saturated heterocycles. The van der Waals surface area contributed by atoms with E-state index in [0.717, 1.165) is 18.0 Å². The van der Waals surface area contributed by atoms with Crippen molar-refractivity contribution in [2.24, 2.45) is 0 Å². The summed E-state index contributed by atoms with van der Waals surface area (Å²) in [5, 5.41) is 2.59. The fourth-order valence-electron chi connectivity index (χ4n) is 1.55. The molecule has 0 aliphatic heterocycles. The third-order valence-corrected chi connectivity index (χ3v) is 2.73. The molecule has 0 aromatic carbocycles. The minimum absolute atomic E-state index is 0.00863. The molecule has 0 spiro atoms. The van der Waals surface area contributed by atoms with Crippen LogP contribution in [0.3, 0.4) is 0 Å². The zero-order valence-electron chi connectivity index (χ0n) is 10.2. The molecule has 19 heavy (non-hydrogen) atoms. The number of carbonyl (C=O) groups excluding carboxylic acids is 1. The maximum Gasteiger partial charge on any atom is 0.254 e. The van der Waals surface area contributed by atoms with Crippen molar-refractivity contribution in [2.75, 3.05) is 0 Å². The van der Waals surface area contributed by atoms with Gasteiger partial charge in [0.25, 0.3) is 5.91 Å². The smallest absolute Gasteiger partial charge is 0.254 e. The average Bonchev–Trinajstić information content (AvgIpc) is 2.39. The predicted octanol–water partition coefficient (Wildman–Crippen LogP) is 2.51. The molecular weight excluding hydrogens is 269 g/mol. The quantitative estimate of drug-likeness (QED) is 0.879. The number of nitrogens with zero attached hydrogens (tertiary/aromatic N) is 2. The zero-order valence-corrected chi connectivity index (χ0v) is 10.9. The van der Waals surface area contributed by atoms with Crippen molar-refractivity contribution in [1.82, 2.24) is 15.3 Å². The number of nitrogens with one attached hydrogen (secondary N) is 1. The van der Waals surface area contributed by atoms with Crippen LogP contribution in [-0.2, 0) is 6.54 Å². The summed E-state index contributed by atoms with van der Waals surface area (Å²) < 4.78 is 13.0. The molecule has 0 radical (unpaired) electrons. The molecule has 0 aliphatic rings. The van der Waals surface area contributed by atoms with E-state index in [1.165, 1.54) is 0 Å². The second-order valence-corrected chi connectivity index (χ2v) is 4.30. The Hall–Kier alpha value is -2.01. The summed E-state index contributed by atoms with van der Waals surface area (Å²) in [6.45, 7) is 2.10. The molecule has 4 nitrogen and oxygen atoms in total. The molecule has 0 aliphatic carbocycles. The van der Waals surface area contributed by atoms with Crippen LogP contribution in [0.1, 0.15) is 21.7 Å². The fraction of sp³-hybridized carbons (Fsp3) is 0.154. The lowest BCUT2D eigenvalue weighted by Gasteiger charge is -2.06. The number of halogens is 2. The standard InChI is InChI=1S/C13H11ClFN3O/c1-8-3-2-4-10(18-8)7-17-13(19)11-5-9(15)6-16-12(11)14/h2-6H,7H2,1H3,(H,17,19). The first-order chi connectivity index (χ1) is 9.06. The van der Waals surface area contributed by atoms with E-state index in [1.54, 1.807) is 6.07 Å². The van der Waals surface area contributed by atoms with Gasteiger partial charge in [0.2, 0.25) is 0 Å². The summed E-state index contributed by atoms with van der Waals surface area (Å²) >= 11 is 5.74. The van der Waals surface area contributed by atoms with E-state index in [4.69, 9.17) is 11.6 Å². The normalized spacial score (nSPS) is 10.3. The number of carbonyl (C=O) groups is 1. The third kappa shape index (κ3) is 3.48. The van der Waals surface area contributed by atoms with Gasteiger partial charge in [0.15, 0.2) is 0 Å². The Balaban J connectivity index is 2.07. The van der Waals surface area contributed by atoms with E-state index in [-0.39, 0.29) is 17.3 Å². The van der Waals surface area contributed by atoms with E-state index in [1.807, 2.05) is 19.1 Å². The highest BCUT2D eigenvalue weighted by atomic mass is 35.5. The van der Waals surface area contributed by atoms with Gasteiger partial charge in [-0.3, -0.25) is 9.78 Å². The number of hydrogen-bond donors (Lipinski definition) is 1. The molecule has 2 aromatic heterocycles. The van der Waals surface area contributed by atoms with Crippen LogP contribution in [0.2, 0.25) is 5.15 Å². The molecule has 6 heteroatoms. The van der Waals surface area contributed by atoms with Crippen molar-refractivity contribution in [1.29, 1.82) is 0 Å². The molecule has 1 amide bonds. The fourth-order valence-corrected chi connectivity index (χ4v) is 1.74. The van der Waals surface area contributed by atoms with Crippen molar-refractivity contribution in [2.45, 2.75) is 13.5 Å². The van der Waals surface area contributed by atoms with Crippen molar-refractivity contribution >= 4 is 17.5 Å². The molecule has 0 atom stereocenters. The summed E-state index contributed by atoms with van der Waals surface area (Å²) in [6.07, 6.45) is 0.960. The Bertz CT molecular complexity index is 619. The lowest BCUT2D eigenvalue weighted by atomic mass is 10.2. The van der Waals surface area contributed by atoms with Gasteiger partial charge in [-0.2, -0.15) is 0 Å². The van der Waals surface area contributed by atoms with Crippen LogP contribution in [0.25, 0.3) is 0 Å². The first-order valence-corrected chi connectivity index (χ1v) is 5.96. The van der Waals surface area contributed by atoms with Gasteiger partial charge in [0.1, 0.15) is 11.0 Å². The molecule has 98 valence electrons. The van der Waals surface area contributed by atoms with Gasteiger partial charge in [0.05, 0.1) is 24.0 Å². The minimum Gasteiger partial charge on any atom is -0.346 e. The minimum atomic E-state index is -0.608. The number of hydrogen-bond acceptors (Lipinski definition) is 3. The Kier molecular flexibility index (Phi) is 4.06. The highest BCUT2D eigenvalue weighted by Gasteiger charge is 2.12. The van der Waals surface area contributed by atoms with E-state index >= 15 is 0 Å². The van der Waals surface area contributed by atoms with Crippen LogP contribution in [-0.4, -0.2) is 15.9 Å². The summed E-state index contributed by atoms with van der Waals surface area (Å²) in [5.41, 5.74) is 1.58. The van der Waals surface area contributed by atoms with Gasteiger partial charge in [-0.15, -0.1) is 0 Å². The van der Waals surface area contributed by atoms with Crippen LogP contribution >= 0.6 is 11.6 Å². The molecule has 0 fully saturated rings.